The van der Waals surface area contributed by atoms with E-state index in [2.05, 4.69) is 16.4 Å². The third-order valence-corrected chi connectivity index (χ3v) is 3.67. The maximum absolute atomic E-state index is 11.1. The fourth-order valence-corrected chi connectivity index (χ4v) is 2.53. The summed E-state index contributed by atoms with van der Waals surface area (Å²) in [5, 5.41) is 12.1. The maximum Gasteiger partial charge on any atom is 0.221 e. The van der Waals surface area contributed by atoms with Crippen LogP contribution in [0.4, 0.5) is 11.5 Å². The molecular weight excluding hydrogens is 316 g/mol. The number of carbonyl (C=O) groups is 1. The van der Waals surface area contributed by atoms with Crippen molar-refractivity contribution in [3.8, 4) is 28.7 Å². The van der Waals surface area contributed by atoms with Crippen molar-refractivity contribution < 1.29 is 9.21 Å². The fraction of sp³-hybridized carbons (Fsp3) is 0.105. The number of nitrogen functional groups attached to an aromatic ring is 1. The number of nitrogens with one attached hydrogen (secondary N) is 1. The van der Waals surface area contributed by atoms with Crippen molar-refractivity contribution >= 4 is 17.4 Å². The third-order valence-electron chi connectivity index (χ3n) is 3.67. The molecule has 2 heterocycles. The molecule has 3 aromatic rings. The van der Waals surface area contributed by atoms with Crippen molar-refractivity contribution in [3.05, 3.63) is 53.8 Å². The summed E-state index contributed by atoms with van der Waals surface area (Å²) in [5.74, 6) is 1.33. The van der Waals surface area contributed by atoms with E-state index in [1.165, 1.54) is 6.92 Å². The van der Waals surface area contributed by atoms with E-state index < -0.39 is 0 Å². The lowest BCUT2D eigenvalue weighted by Gasteiger charge is -2.09. The van der Waals surface area contributed by atoms with Gasteiger partial charge in [0.2, 0.25) is 5.91 Å². The maximum atomic E-state index is 11.1. The Kier molecular flexibility index (Phi) is 4.23. The topological polar surface area (TPSA) is 105 Å². The van der Waals surface area contributed by atoms with Crippen molar-refractivity contribution in [3.63, 3.8) is 0 Å². The number of pyridine rings is 1. The van der Waals surface area contributed by atoms with E-state index in [0.29, 0.717) is 22.7 Å². The molecule has 1 aromatic carbocycles. The molecule has 0 radical (unpaired) electrons. The molecule has 124 valence electrons. The normalized spacial score (nSPS) is 10.3. The Labute approximate surface area is 144 Å². The van der Waals surface area contributed by atoms with Gasteiger partial charge in [-0.05, 0) is 37.3 Å². The number of rotatable bonds is 3. The first-order valence-electron chi connectivity index (χ1n) is 7.63. The molecule has 3 N–H and O–H groups in total. The Hall–Kier alpha value is -3.59. The minimum Gasteiger partial charge on any atom is -0.461 e. The van der Waals surface area contributed by atoms with Crippen LogP contribution >= 0.6 is 0 Å². The zero-order chi connectivity index (χ0) is 18.0. The van der Waals surface area contributed by atoms with Crippen molar-refractivity contribution in [2.24, 2.45) is 0 Å². The van der Waals surface area contributed by atoms with Gasteiger partial charge in [0.1, 0.15) is 29.0 Å². The zero-order valence-corrected chi connectivity index (χ0v) is 13.8. The summed E-state index contributed by atoms with van der Waals surface area (Å²) < 4.78 is 5.64. The van der Waals surface area contributed by atoms with E-state index in [4.69, 9.17) is 10.2 Å². The number of nitrogens with two attached hydrogens (primary N) is 1. The molecule has 0 atom stereocenters. The van der Waals surface area contributed by atoms with Gasteiger partial charge in [0.05, 0.1) is 5.69 Å². The van der Waals surface area contributed by atoms with E-state index in [9.17, 15) is 10.1 Å². The molecule has 0 bridgehead atoms. The zero-order valence-electron chi connectivity index (χ0n) is 13.8. The number of hydrogen-bond acceptors (Lipinski definition) is 5. The Bertz CT molecular complexity index is 982. The Balaban J connectivity index is 2.07. The number of furan rings is 1. The van der Waals surface area contributed by atoms with Gasteiger partial charge in [-0.15, -0.1) is 0 Å². The van der Waals surface area contributed by atoms with E-state index in [1.54, 1.807) is 24.3 Å². The summed E-state index contributed by atoms with van der Waals surface area (Å²) in [4.78, 5) is 15.4. The third kappa shape index (κ3) is 3.35. The van der Waals surface area contributed by atoms with Gasteiger partial charge in [0, 0.05) is 23.7 Å². The number of nitriles is 1. The second-order valence-electron chi connectivity index (χ2n) is 5.60. The Morgan fingerprint density at radius 2 is 1.96 bits per heavy atom. The molecule has 6 heteroatoms. The van der Waals surface area contributed by atoms with Crippen molar-refractivity contribution in [2.75, 3.05) is 11.1 Å². The molecule has 2 aromatic heterocycles. The smallest absolute Gasteiger partial charge is 0.221 e. The Morgan fingerprint density at radius 1 is 1.24 bits per heavy atom. The summed E-state index contributed by atoms with van der Waals surface area (Å²) in [7, 11) is 0. The van der Waals surface area contributed by atoms with Crippen molar-refractivity contribution in [1.82, 2.24) is 4.98 Å². The number of carbonyl (C=O) groups excluding carboxylic acids is 1. The van der Waals surface area contributed by atoms with Crippen LogP contribution in [0.3, 0.4) is 0 Å². The number of aryl methyl sites for hydroxylation is 1. The van der Waals surface area contributed by atoms with Gasteiger partial charge in [-0.2, -0.15) is 5.26 Å². The molecule has 1 amide bonds. The van der Waals surface area contributed by atoms with Gasteiger partial charge >= 0.3 is 0 Å². The van der Waals surface area contributed by atoms with E-state index in [-0.39, 0.29) is 17.3 Å². The second-order valence-corrected chi connectivity index (χ2v) is 5.60. The lowest BCUT2D eigenvalue weighted by Crippen LogP contribution is -2.05. The van der Waals surface area contributed by atoms with Crippen LogP contribution in [0.25, 0.3) is 22.6 Å². The fourth-order valence-electron chi connectivity index (χ4n) is 2.53. The van der Waals surface area contributed by atoms with Crippen molar-refractivity contribution in [1.29, 1.82) is 5.26 Å². The molecule has 0 fully saturated rings. The summed E-state index contributed by atoms with van der Waals surface area (Å²) in [6.07, 6.45) is 0. The van der Waals surface area contributed by atoms with Crippen LogP contribution in [0.15, 0.2) is 46.9 Å². The number of amides is 1. The highest BCUT2D eigenvalue weighted by molar-refractivity contribution is 5.89. The molecule has 25 heavy (non-hydrogen) atoms. The first kappa shape index (κ1) is 16.3. The van der Waals surface area contributed by atoms with Gasteiger partial charge in [-0.3, -0.25) is 4.79 Å². The van der Waals surface area contributed by atoms with Gasteiger partial charge in [-0.25, -0.2) is 4.98 Å². The summed E-state index contributed by atoms with van der Waals surface area (Å²) in [6, 6.07) is 14.7. The van der Waals surface area contributed by atoms with Crippen LogP contribution in [-0.2, 0) is 4.79 Å². The highest BCUT2D eigenvalue weighted by Crippen LogP contribution is 2.32. The number of benzene rings is 1. The second kappa shape index (κ2) is 6.49. The van der Waals surface area contributed by atoms with Crippen LogP contribution in [0, 0.1) is 18.3 Å². The average molecular weight is 332 g/mol. The molecule has 0 aliphatic carbocycles. The highest BCUT2D eigenvalue weighted by atomic mass is 16.3. The molecule has 0 saturated carbocycles. The van der Waals surface area contributed by atoms with E-state index >= 15 is 0 Å². The lowest BCUT2D eigenvalue weighted by molar-refractivity contribution is -0.114. The molecule has 0 unspecified atom stereocenters. The van der Waals surface area contributed by atoms with Crippen LogP contribution in [-0.4, -0.2) is 10.9 Å². The monoisotopic (exact) mass is 332 g/mol. The van der Waals surface area contributed by atoms with Crippen LogP contribution in [0.2, 0.25) is 0 Å². The first-order chi connectivity index (χ1) is 12.0. The van der Waals surface area contributed by atoms with Gasteiger partial charge < -0.3 is 15.5 Å². The summed E-state index contributed by atoms with van der Waals surface area (Å²) in [5.41, 5.74) is 8.99. The first-order valence-corrected chi connectivity index (χ1v) is 7.63. The quantitative estimate of drug-likeness (QED) is 0.760. The highest BCUT2D eigenvalue weighted by Gasteiger charge is 2.15. The summed E-state index contributed by atoms with van der Waals surface area (Å²) >= 11 is 0. The Morgan fingerprint density at radius 3 is 2.52 bits per heavy atom. The average Bonchev–Trinajstić information content (AvgIpc) is 3.00. The number of hydrogen-bond donors (Lipinski definition) is 2. The van der Waals surface area contributed by atoms with Gasteiger partial charge in [0.15, 0.2) is 0 Å². The predicted octanol–water partition coefficient (Wildman–Crippen LogP) is 3.73. The van der Waals surface area contributed by atoms with E-state index in [0.717, 1.165) is 11.3 Å². The minimum atomic E-state index is -0.135. The molecule has 3 rings (SSSR count). The molecule has 0 aliphatic rings. The standard InChI is InChI=1S/C19H16N4O2/c1-11-3-8-18(25-11)15-9-17(23-19(21)16(15)10-20)13-4-6-14(7-5-13)22-12(2)24/h3-9H,1-2H3,(H2,21,23)(H,22,24). The van der Waals surface area contributed by atoms with Gasteiger partial charge in [0.25, 0.3) is 0 Å². The molecule has 0 saturated heterocycles. The number of nitrogens with zero attached hydrogens (tertiary/aromatic N) is 2. The number of aromatic nitrogens is 1. The molecule has 0 spiro atoms. The number of anilines is 2. The van der Waals surface area contributed by atoms with Crippen LogP contribution < -0.4 is 11.1 Å². The molecular formula is C19H16N4O2. The van der Waals surface area contributed by atoms with E-state index in [1.807, 2.05) is 25.1 Å². The largest absolute Gasteiger partial charge is 0.461 e. The van der Waals surface area contributed by atoms with Crippen LogP contribution in [0.1, 0.15) is 18.2 Å². The SMILES string of the molecule is CC(=O)Nc1ccc(-c2cc(-c3ccc(C)o3)c(C#N)c(N)n2)cc1. The molecule has 0 aliphatic heterocycles. The van der Waals surface area contributed by atoms with Crippen molar-refractivity contribution in [2.45, 2.75) is 13.8 Å². The minimum absolute atomic E-state index is 0.135. The predicted molar refractivity (Wildman–Crippen MR) is 95.5 cm³/mol. The van der Waals surface area contributed by atoms with Crippen LogP contribution in [0.5, 0.6) is 0 Å². The lowest BCUT2D eigenvalue weighted by atomic mass is 10.0. The summed E-state index contributed by atoms with van der Waals surface area (Å²) in [6.45, 7) is 3.29. The molecule has 6 nitrogen and oxygen atoms in total. The van der Waals surface area contributed by atoms with Gasteiger partial charge in [-0.1, -0.05) is 12.1 Å².